The van der Waals surface area contributed by atoms with Gasteiger partial charge in [0.25, 0.3) is 11.1 Å². The first-order valence-electron chi connectivity index (χ1n) is 8.62. The Morgan fingerprint density at radius 2 is 1.32 bits per heavy atom. The molecule has 4 aromatic rings. The van der Waals surface area contributed by atoms with E-state index in [1.165, 1.54) is 23.2 Å². The third-order valence-corrected chi connectivity index (χ3v) is 4.81. The van der Waals surface area contributed by atoms with E-state index in [-0.39, 0.29) is 16.6 Å². The second-order valence-electron chi connectivity index (χ2n) is 6.47. The molecule has 0 aliphatic rings. The SMILES string of the molecule is Cn1c(=O)c2c(O)c(-c3ccccc3)c(=O)n(-c3ccccc3)c2n(C)c1=O. The lowest BCUT2D eigenvalue weighted by atomic mass is 10.0. The van der Waals surface area contributed by atoms with Crippen molar-refractivity contribution in [3.05, 3.63) is 91.9 Å². The van der Waals surface area contributed by atoms with Gasteiger partial charge in [-0.2, -0.15) is 0 Å². The van der Waals surface area contributed by atoms with Gasteiger partial charge in [-0.15, -0.1) is 0 Å². The van der Waals surface area contributed by atoms with Gasteiger partial charge in [0.15, 0.2) is 0 Å². The molecule has 2 aromatic heterocycles. The van der Waals surface area contributed by atoms with Crippen molar-refractivity contribution in [2.75, 3.05) is 0 Å². The molecule has 0 saturated heterocycles. The summed E-state index contributed by atoms with van der Waals surface area (Å²) in [5.41, 5.74) is -0.767. The van der Waals surface area contributed by atoms with Crippen molar-refractivity contribution in [3.63, 3.8) is 0 Å². The van der Waals surface area contributed by atoms with E-state index in [0.29, 0.717) is 11.3 Å². The fourth-order valence-electron chi connectivity index (χ4n) is 3.42. The molecule has 1 N–H and O–H groups in total. The van der Waals surface area contributed by atoms with Crippen LogP contribution in [0.5, 0.6) is 5.75 Å². The summed E-state index contributed by atoms with van der Waals surface area (Å²) in [6.45, 7) is 0. The quantitative estimate of drug-likeness (QED) is 0.578. The first-order chi connectivity index (χ1) is 13.4. The highest BCUT2D eigenvalue weighted by Crippen LogP contribution is 2.31. The normalized spacial score (nSPS) is 11.1. The Morgan fingerprint density at radius 1 is 0.750 bits per heavy atom. The van der Waals surface area contributed by atoms with Crippen molar-refractivity contribution in [1.29, 1.82) is 0 Å². The Labute approximate surface area is 159 Å². The number of aromatic nitrogens is 3. The van der Waals surface area contributed by atoms with Crippen LogP contribution in [0.25, 0.3) is 27.8 Å². The number of aromatic hydroxyl groups is 1. The van der Waals surface area contributed by atoms with Crippen LogP contribution in [0.2, 0.25) is 0 Å². The first-order valence-corrected chi connectivity index (χ1v) is 8.62. The lowest BCUT2D eigenvalue weighted by Gasteiger charge is -2.17. The van der Waals surface area contributed by atoms with Crippen LogP contribution in [0.1, 0.15) is 0 Å². The topological polar surface area (TPSA) is 86.2 Å². The Bertz CT molecular complexity index is 1380. The highest BCUT2D eigenvalue weighted by molar-refractivity contribution is 5.90. The summed E-state index contributed by atoms with van der Waals surface area (Å²) in [5.74, 6) is -0.436. The summed E-state index contributed by atoms with van der Waals surface area (Å²) < 4.78 is 3.40. The number of hydrogen-bond donors (Lipinski definition) is 1. The lowest BCUT2D eigenvalue weighted by Crippen LogP contribution is -2.39. The lowest BCUT2D eigenvalue weighted by molar-refractivity contribution is 0.480. The van der Waals surface area contributed by atoms with Crippen molar-refractivity contribution in [2.45, 2.75) is 0 Å². The van der Waals surface area contributed by atoms with Gasteiger partial charge in [0.1, 0.15) is 16.8 Å². The molecule has 7 nitrogen and oxygen atoms in total. The predicted octanol–water partition coefficient (Wildman–Crippen LogP) is 1.76. The average molecular weight is 375 g/mol. The molecule has 0 fully saturated rings. The van der Waals surface area contributed by atoms with Gasteiger partial charge in [0, 0.05) is 14.1 Å². The van der Waals surface area contributed by atoms with E-state index in [2.05, 4.69) is 0 Å². The number of rotatable bonds is 2. The molecule has 0 spiro atoms. The number of fused-ring (bicyclic) bond motifs is 1. The largest absolute Gasteiger partial charge is 0.506 e. The molecule has 0 aliphatic carbocycles. The monoisotopic (exact) mass is 375 g/mol. The van der Waals surface area contributed by atoms with Crippen molar-refractivity contribution >= 4 is 11.0 Å². The maximum atomic E-state index is 13.4. The fourth-order valence-corrected chi connectivity index (χ4v) is 3.42. The van der Waals surface area contributed by atoms with Gasteiger partial charge in [-0.3, -0.25) is 23.3 Å². The molecule has 4 rings (SSSR count). The minimum atomic E-state index is -0.669. The summed E-state index contributed by atoms with van der Waals surface area (Å²) in [4.78, 5) is 38.8. The zero-order valence-corrected chi connectivity index (χ0v) is 15.3. The van der Waals surface area contributed by atoms with Crippen LogP contribution in [0.4, 0.5) is 0 Å². The van der Waals surface area contributed by atoms with Gasteiger partial charge in [-0.05, 0) is 17.7 Å². The number of nitrogens with zero attached hydrogens (tertiary/aromatic N) is 3. The van der Waals surface area contributed by atoms with Crippen LogP contribution in [-0.4, -0.2) is 18.8 Å². The zero-order chi connectivity index (χ0) is 20.0. The smallest absolute Gasteiger partial charge is 0.332 e. The standard InChI is InChI=1S/C21H17N3O4/c1-22-18-16(19(26)23(2)21(22)28)17(25)15(13-9-5-3-6-10-13)20(27)24(18)14-11-7-4-8-12-14/h3-12,25H,1-2H3. The molecule has 0 radical (unpaired) electrons. The fraction of sp³-hybridized carbons (Fsp3) is 0.0952. The van der Waals surface area contributed by atoms with E-state index in [0.717, 1.165) is 4.57 Å². The van der Waals surface area contributed by atoms with Crippen LogP contribution in [-0.2, 0) is 14.1 Å². The summed E-state index contributed by atoms with van der Waals surface area (Å²) in [7, 11) is 2.80. The second-order valence-corrected chi connectivity index (χ2v) is 6.47. The molecule has 0 saturated carbocycles. The third kappa shape index (κ3) is 2.40. The molecule has 0 atom stereocenters. The highest BCUT2D eigenvalue weighted by atomic mass is 16.3. The van der Waals surface area contributed by atoms with Crippen LogP contribution >= 0.6 is 0 Å². The predicted molar refractivity (Wildman–Crippen MR) is 107 cm³/mol. The maximum Gasteiger partial charge on any atom is 0.332 e. The molecule has 0 unspecified atom stereocenters. The second kappa shape index (κ2) is 6.38. The Balaban J connectivity index is 2.35. The molecule has 28 heavy (non-hydrogen) atoms. The van der Waals surface area contributed by atoms with E-state index in [9.17, 15) is 19.5 Å². The highest BCUT2D eigenvalue weighted by Gasteiger charge is 2.24. The molecule has 0 bridgehead atoms. The van der Waals surface area contributed by atoms with E-state index < -0.39 is 22.6 Å². The molecule has 2 aromatic carbocycles. The molecule has 2 heterocycles. The minimum absolute atomic E-state index is 0.00713. The van der Waals surface area contributed by atoms with Gasteiger partial charge in [0.2, 0.25) is 0 Å². The number of pyridine rings is 1. The van der Waals surface area contributed by atoms with Gasteiger partial charge >= 0.3 is 5.69 Å². The van der Waals surface area contributed by atoms with Gasteiger partial charge in [-0.1, -0.05) is 48.5 Å². The summed E-state index contributed by atoms with van der Waals surface area (Å²) in [6.07, 6.45) is 0. The summed E-state index contributed by atoms with van der Waals surface area (Å²) in [5, 5.41) is 10.8. The molecular formula is C21H17N3O4. The number of benzene rings is 2. The van der Waals surface area contributed by atoms with Gasteiger partial charge < -0.3 is 5.11 Å². The molecule has 7 heteroatoms. The van der Waals surface area contributed by atoms with Crippen molar-refractivity contribution in [2.24, 2.45) is 14.1 Å². The van der Waals surface area contributed by atoms with Crippen molar-refractivity contribution in [1.82, 2.24) is 13.7 Å². The molecule has 0 amide bonds. The van der Waals surface area contributed by atoms with E-state index in [4.69, 9.17) is 0 Å². The number of para-hydroxylation sites is 1. The Kier molecular flexibility index (Phi) is 4.00. The van der Waals surface area contributed by atoms with E-state index in [1.807, 2.05) is 0 Å². The summed E-state index contributed by atoms with van der Waals surface area (Å²) >= 11 is 0. The maximum absolute atomic E-state index is 13.4. The van der Waals surface area contributed by atoms with Crippen LogP contribution in [0.3, 0.4) is 0 Å². The molecule has 0 aliphatic heterocycles. The molecular weight excluding hydrogens is 358 g/mol. The number of hydrogen-bond acceptors (Lipinski definition) is 4. The number of aryl methyl sites for hydroxylation is 1. The average Bonchev–Trinajstić information content (AvgIpc) is 2.72. The van der Waals surface area contributed by atoms with Crippen LogP contribution in [0.15, 0.2) is 75.0 Å². The van der Waals surface area contributed by atoms with Crippen LogP contribution in [0, 0.1) is 0 Å². The van der Waals surface area contributed by atoms with Crippen molar-refractivity contribution < 1.29 is 5.11 Å². The molecule has 140 valence electrons. The van der Waals surface area contributed by atoms with E-state index in [1.54, 1.807) is 60.7 Å². The zero-order valence-electron chi connectivity index (χ0n) is 15.3. The summed E-state index contributed by atoms with van der Waals surface area (Å²) in [6, 6.07) is 17.3. The van der Waals surface area contributed by atoms with Crippen LogP contribution < -0.4 is 16.8 Å². The van der Waals surface area contributed by atoms with Crippen molar-refractivity contribution in [3.8, 4) is 22.6 Å². The third-order valence-electron chi connectivity index (χ3n) is 4.81. The van der Waals surface area contributed by atoms with Gasteiger partial charge in [0.05, 0.1) is 11.3 Å². The van der Waals surface area contributed by atoms with Gasteiger partial charge in [-0.25, -0.2) is 4.79 Å². The Morgan fingerprint density at radius 3 is 1.93 bits per heavy atom. The minimum Gasteiger partial charge on any atom is -0.506 e. The Hall–Kier alpha value is -3.87. The van der Waals surface area contributed by atoms with E-state index >= 15 is 0 Å². The first kappa shape index (κ1) is 17.5.